The number of anilines is 1. The molecule has 0 amide bonds. The van der Waals surface area contributed by atoms with Crippen LogP contribution in [0.5, 0.6) is 11.6 Å². The van der Waals surface area contributed by atoms with Gasteiger partial charge in [-0.25, -0.2) is 9.37 Å². The maximum absolute atomic E-state index is 13.2. The van der Waals surface area contributed by atoms with E-state index in [1.165, 1.54) is 18.2 Å². The minimum absolute atomic E-state index is 0.0236. The Morgan fingerprint density at radius 3 is 2.71 bits per heavy atom. The number of nitrogens with zero attached hydrogens (tertiary/aromatic N) is 2. The second-order valence-corrected chi connectivity index (χ2v) is 5.47. The number of nitrogens with one attached hydrogen (secondary N) is 1. The Balaban J connectivity index is 1.96. The third-order valence-corrected chi connectivity index (χ3v) is 3.69. The summed E-state index contributed by atoms with van der Waals surface area (Å²) in [6, 6.07) is 4.24. The van der Waals surface area contributed by atoms with E-state index in [1.54, 1.807) is 0 Å². The highest BCUT2D eigenvalue weighted by Crippen LogP contribution is 2.40. The van der Waals surface area contributed by atoms with E-state index in [0.717, 1.165) is 30.0 Å². The Morgan fingerprint density at radius 2 is 2.10 bits per heavy atom. The van der Waals surface area contributed by atoms with Crippen LogP contribution in [0.4, 0.5) is 10.2 Å². The summed E-state index contributed by atoms with van der Waals surface area (Å²) in [5.74, 6) is 2.39. The van der Waals surface area contributed by atoms with Crippen molar-refractivity contribution in [3.63, 3.8) is 0 Å². The summed E-state index contributed by atoms with van der Waals surface area (Å²) in [6.07, 6.45) is 2.21. The van der Waals surface area contributed by atoms with E-state index in [-0.39, 0.29) is 5.02 Å². The minimum Gasteiger partial charge on any atom is -0.438 e. The predicted octanol–water partition coefficient (Wildman–Crippen LogP) is 4.29. The summed E-state index contributed by atoms with van der Waals surface area (Å²) in [6.45, 7) is 1.88. The lowest BCUT2D eigenvalue weighted by Gasteiger charge is -2.13. The molecule has 21 heavy (non-hydrogen) atoms. The van der Waals surface area contributed by atoms with E-state index in [4.69, 9.17) is 16.3 Å². The second kappa shape index (κ2) is 5.48. The fraction of sp³-hybridized carbons (Fsp3) is 0.333. The molecule has 1 aliphatic carbocycles. The van der Waals surface area contributed by atoms with Gasteiger partial charge in [-0.1, -0.05) is 11.6 Å². The SMILES string of the molecule is CNc1nc(C2CC2)nc(Oc2ccc(F)c(Cl)c2)c1C. The Morgan fingerprint density at radius 1 is 1.33 bits per heavy atom. The number of hydrogen-bond acceptors (Lipinski definition) is 4. The molecule has 0 atom stereocenters. The Labute approximate surface area is 127 Å². The van der Waals surface area contributed by atoms with Crippen molar-refractivity contribution in [2.45, 2.75) is 25.7 Å². The van der Waals surface area contributed by atoms with Gasteiger partial charge in [-0.2, -0.15) is 4.98 Å². The van der Waals surface area contributed by atoms with Crippen molar-refractivity contribution in [2.75, 3.05) is 12.4 Å². The normalized spacial score (nSPS) is 14.1. The van der Waals surface area contributed by atoms with Gasteiger partial charge in [-0.05, 0) is 31.9 Å². The molecule has 0 radical (unpaired) electrons. The molecule has 0 unspecified atom stereocenters. The number of aromatic nitrogens is 2. The molecular weight excluding hydrogens is 293 g/mol. The van der Waals surface area contributed by atoms with Gasteiger partial charge in [0.25, 0.3) is 0 Å². The first kappa shape index (κ1) is 14.1. The largest absolute Gasteiger partial charge is 0.438 e. The number of ether oxygens (including phenoxy) is 1. The monoisotopic (exact) mass is 307 g/mol. The molecule has 1 aromatic heterocycles. The average Bonchev–Trinajstić information content (AvgIpc) is 3.29. The van der Waals surface area contributed by atoms with Crippen LogP contribution in [0, 0.1) is 12.7 Å². The molecular formula is C15H15ClFN3O. The summed E-state index contributed by atoms with van der Waals surface area (Å²) in [4.78, 5) is 8.98. The van der Waals surface area contributed by atoms with Crippen molar-refractivity contribution in [1.82, 2.24) is 9.97 Å². The van der Waals surface area contributed by atoms with Gasteiger partial charge in [0, 0.05) is 19.0 Å². The van der Waals surface area contributed by atoms with Crippen LogP contribution >= 0.6 is 11.6 Å². The van der Waals surface area contributed by atoms with Crippen molar-refractivity contribution in [3.8, 4) is 11.6 Å². The van der Waals surface area contributed by atoms with Crippen molar-refractivity contribution in [3.05, 3.63) is 40.4 Å². The molecule has 0 spiro atoms. The van der Waals surface area contributed by atoms with Crippen LogP contribution in [0.1, 0.15) is 30.1 Å². The van der Waals surface area contributed by atoms with Gasteiger partial charge in [0.1, 0.15) is 23.2 Å². The first-order chi connectivity index (χ1) is 10.1. The van der Waals surface area contributed by atoms with Gasteiger partial charge in [0.05, 0.1) is 10.6 Å². The minimum atomic E-state index is -0.474. The molecule has 1 heterocycles. The van der Waals surface area contributed by atoms with Crippen LogP contribution in [-0.2, 0) is 0 Å². The molecule has 6 heteroatoms. The zero-order valence-electron chi connectivity index (χ0n) is 11.8. The predicted molar refractivity (Wildman–Crippen MR) is 79.8 cm³/mol. The topological polar surface area (TPSA) is 47.0 Å². The molecule has 4 nitrogen and oxygen atoms in total. The Kier molecular flexibility index (Phi) is 3.68. The fourth-order valence-electron chi connectivity index (χ4n) is 2.03. The number of benzene rings is 1. The summed E-state index contributed by atoms with van der Waals surface area (Å²) in [7, 11) is 1.81. The molecule has 0 bridgehead atoms. The zero-order valence-corrected chi connectivity index (χ0v) is 12.5. The number of rotatable bonds is 4. The molecule has 1 N–H and O–H groups in total. The standard InChI is InChI=1S/C15H15ClFN3O/c1-8-13(18-2)19-14(9-3-4-9)20-15(8)21-10-5-6-12(17)11(16)7-10/h5-7,9H,3-4H2,1-2H3,(H,18,19,20). The summed E-state index contributed by atoms with van der Waals surface area (Å²) in [5.41, 5.74) is 0.808. The highest BCUT2D eigenvalue weighted by molar-refractivity contribution is 6.30. The lowest BCUT2D eigenvalue weighted by molar-refractivity contribution is 0.453. The first-order valence-corrected chi connectivity index (χ1v) is 7.15. The molecule has 1 saturated carbocycles. The van der Waals surface area contributed by atoms with Crippen LogP contribution < -0.4 is 10.1 Å². The molecule has 1 aromatic carbocycles. The number of halogens is 2. The van der Waals surface area contributed by atoms with Gasteiger partial charge in [0.15, 0.2) is 0 Å². The first-order valence-electron chi connectivity index (χ1n) is 6.77. The second-order valence-electron chi connectivity index (χ2n) is 5.06. The average molecular weight is 308 g/mol. The van der Waals surface area contributed by atoms with Crippen molar-refractivity contribution >= 4 is 17.4 Å². The third-order valence-electron chi connectivity index (χ3n) is 3.40. The van der Waals surface area contributed by atoms with E-state index in [1.807, 2.05) is 14.0 Å². The molecule has 1 aliphatic rings. The summed E-state index contributed by atoms with van der Waals surface area (Å²) in [5, 5.41) is 3.07. The van der Waals surface area contributed by atoms with E-state index in [0.29, 0.717) is 17.5 Å². The zero-order chi connectivity index (χ0) is 15.0. The Hall–Kier alpha value is -1.88. The van der Waals surface area contributed by atoms with Crippen molar-refractivity contribution < 1.29 is 9.13 Å². The van der Waals surface area contributed by atoms with Crippen molar-refractivity contribution in [2.24, 2.45) is 0 Å². The quantitative estimate of drug-likeness (QED) is 0.915. The summed E-state index contributed by atoms with van der Waals surface area (Å²) < 4.78 is 19.0. The smallest absolute Gasteiger partial charge is 0.227 e. The van der Waals surface area contributed by atoms with Crippen LogP contribution in [0.2, 0.25) is 5.02 Å². The number of hydrogen-bond donors (Lipinski definition) is 1. The lowest BCUT2D eigenvalue weighted by Crippen LogP contribution is -2.04. The van der Waals surface area contributed by atoms with Crippen LogP contribution in [-0.4, -0.2) is 17.0 Å². The molecule has 3 rings (SSSR count). The van der Waals surface area contributed by atoms with Gasteiger partial charge in [-0.15, -0.1) is 0 Å². The third kappa shape index (κ3) is 2.93. The highest BCUT2D eigenvalue weighted by Gasteiger charge is 2.28. The van der Waals surface area contributed by atoms with Crippen LogP contribution in [0.25, 0.3) is 0 Å². The Bertz CT molecular complexity index is 689. The highest BCUT2D eigenvalue weighted by atomic mass is 35.5. The summed E-state index contributed by atoms with van der Waals surface area (Å²) >= 11 is 5.77. The lowest BCUT2D eigenvalue weighted by atomic mass is 10.3. The molecule has 2 aromatic rings. The van der Waals surface area contributed by atoms with Crippen molar-refractivity contribution in [1.29, 1.82) is 0 Å². The van der Waals surface area contributed by atoms with Crippen LogP contribution in [0.3, 0.4) is 0 Å². The van der Waals surface area contributed by atoms with Gasteiger partial charge < -0.3 is 10.1 Å². The molecule has 0 saturated heterocycles. The molecule has 0 aliphatic heterocycles. The molecule has 110 valence electrons. The van der Waals surface area contributed by atoms with E-state index >= 15 is 0 Å². The van der Waals surface area contributed by atoms with E-state index in [2.05, 4.69) is 15.3 Å². The molecule has 1 fully saturated rings. The van der Waals surface area contributed by atoms with E-state index < -0.39 is 5.82 Å². The maximum atomic E-state index is 13.2. The fourth-order valence-corrected chi connectivity index (χ4v) is 2.20. The maximum Gasteiger partial charge on any atom is 0.227 e. The van der Waals surface area contributed by atoms with Crippen LogP contribution in [0.15, 0.2) is 18.2 Å². The van der Waals surface area contributed by atoms with E-state index in [9.17, 15) is 4.39 Å². The van der Waals surface area contributed by atoms with Gasteiger partial charge in [0.2, 0.25) is 5.88 Å². The van der Waals surface area contributed by atoms with Gasteiger partial charge in [-0.3, -0.25) is 0 Å². The van der Waals surface area contributed by atoms with Gasteiger partial charge >= 0.3 is 0 Å².